The van der Waals surface area contributed by atoms with Crippen molar-refractivity contribution in [3.8, 4) is 11.5 Å². The first-order chi connectivity index (χ1) is 16.3. The fourth-order valence-corrected chi connectivity index (χ4v) is 6.63. The second-order valence-corrected chi connectivity index (χ2v) is 11.1. The van der Waals surface area contributed by atoms with Crippen LogP contribution in [0, 0.1) is 16.7 Å². The highest BCUT2D eigenvalue weighted by molar-refractivity contribution is 6.30. The number of rotatable bonds is 6. The summed E-state index contributed by atoms with van der Waals surface area (Å²) in [5.74, 6) is 1.99. The second-order valence-electron chi connectivity index (χ2n) is 10.7. The number of methoxy groups -OCH3 is 1. The summed E-state index contributed by atoms with van der Waals surface area (Å²) in [5, 5.41) is 0.589. The monoisotopic (exact) mass is 483 g/mol. The van der Waals surface area contributed by atoms with Gasteiger partial charge >= 0.3 is 0 Å². The fraction of sp³-hybridized carbons (Fsp3) is 0.536. The highest BCUT2D eigenvalue weighted by Crippen LogP contribution is 2.64. The first-order valence-corrected chi connectivity index (χ1v) is 12.6. The first-order valence-electron chi connectivity index (χ1n) is 12.2. The lowest BCUT2D eigenvalue weighted by Gasteiger charge is -2.42. The van der Waals surface area contributed by atoms with Crippen molar-refractivity contribution in [1.29, 1.82) is 0 Å². The summed E-state index contributed by atoms with van der Waals surface area (Å²) in [4.78, 5) is 16.0. The molecule has 5 atom stereocenters. The fourth-order valence-electron chi connectivity index (χ4n) is 6.47. The van der Waals surface area contributed by atoms with Gasteiger partial charge in [-0.3, -0.25) is 9.69 Å². The Morgan fingerprint density at radius 1 is 1.12 bits per heavy atom. The molecule has 0 radical (unpaired) electrons. The molecular formula is C28H34ClNO4. The third-order valence-electron chi connectivity index (χ3n) is 8.86. The number of nitrogens with zero attached hydrogens (tertiary/aromatic N) is 1. The van der Waals surface area contributed by atoms with Crippen molar-refractivity contribution in [1.82, 2.24) is 4.90 Å². The molecule has 2 aliphatic carbocycles. The van der Waals surface area contributed by atoms with Gasteiger partial charge in [0, 0.05) is 29.6 Å². The lowest BCUT2D eigenvalue weighted by molar-refractivity contribution is -0.139. The molecule has 3 fully saturated rings. The smallest absolute Gasteiger partial charge is 0.162 e. The van der Waals surface area contributed by atoms with E-state index >= 15 is 0 Å². The first kappa shape index (κ1) is 23.7. The van der Waals surface area contributed by atoms with Gasteiger partial charge in [0.25, 0.3) is 0 Å². The zero-order valence-corrected chi connectivity index (χ0v) is 21.2. The van der Waals surface area contributed by atoms with E-state index < -0.39 is 0 Å². The van der Waals surface area contributed by atoms with Crippen molar-refractivity contribution >= 4 is 17.4 Å². The second kappa shape index (κ2) is 8.85. The highest BCUT2D eigenvalue weighted by atomic mass is 35.5. The number of halogens is 1. The van der Waals surface area contributed by atoms with Crippen LogP contribution in [0.3, 0.4) is 0 Å². The molecule has 2 aromatic carbocycles. The number of ketones is 1. The van der Waals surface area contributed by atoms with Crippen molar-refractivity contribution < 1.29 is 19.0 Å². The van der Waals surface area contributed by atoms with Crippen molar-refractivity contribution in [3.05, 3.63) is 59.1 Å². The van der Waals surface area contributed by atoms with E-state index in [1.165, 1.54) is 0 Å². The topological polar surface area (TPSA) is 48.0 Å². The van der Waals surface area contributed by atoms with Crippen LogP contribution < -0.4 is 9.47 Å². The molecule has 1 saturated heterocycles. The SMILES string of the molecule is COc1cc(Cl)ccc1O[C@@H](c1ccccc1)[C@@H]1CN(C2C(=O)C3(C)CCC2C3(C)C)CCO1. The van der Waals surface area contributed by atoms with Gasteiger partial charge in [0.2, 0.25) is 0 Å². The standard InChI is InChI=1S/C28H34ClNO4/c1-27(2)20-12-13-28(27,3)26(31)24(20)30-14-15-33-23(17-30)25(18-8-6-5-7-9-18)34-21-11-10-19(29)16-22(21)32-4/h5-11,16,20,23-25H,12-15,17H2,1-4H3/t20?,23-,24?,25-,28?/m0/s1. The Kier molecular flexibility index (Phi) is 6.16. The normalized spacial score (nSPS) is 31.4. The van der Waals surface area contributed by atoms with Crippen LogP contribution in [0.25, 0.3) is 0 Å². The van der Waals surface area contributed by atoms with Crippen LogP contribution in [0.5, 0.6) is 11.5 Å². The van der Waals surface area contributed by atoms with Crippen LogP contribution in [-0.4, -0.2) is 49.6 Å². The Labute approximate surface area is 207 Å². The van der Waals surface area contributed by atoms with E-state index in [1.807, 2.05) is 24.3 Å². The number of hydrogen-bond donors (Lipinski definition) is 0. The molecule has 0 aromatic heterocycles. The molecule has 6 heteroatoms. The predicted molar refractivity (Wildman–Crippen MR) is 133 cm³/mol. The van der Waals surface area contributed by atoms with E-state index in [0.29, 0.717) is 41.4 Å². The van der Waals surface area contributed by atoms with Crippen molar-refractivity contribution in [2.45, 2.75) is 51.9 Å². The number of benzene rings is 2. The van der Waals surface area contributed by atoms with E-state index in [0.717, 1.165) is 24.9 Å². The minimum absolute atomic E-state index is 0.0224. The molecule has 5 nitrogen and oxygen atoms in total. The summed E-state index contributed by atoms with van der Waals surface area (Å²) < 4.78 is 18.4. The molecule has 2 bridgehead atoms. The van der Waals surface area contributed by atoms with Gasteiger partial charge in [-0.05, 0) is 41.9 Å². The Balaban J connectivity index is 1.43. The molecule has 2 saturated carbocycles. The maximum Gasteiger partial charge on any atom is 0.162 e. The van der Waals surface area contributed by atoms with Gasteiger partial charge in [0.15, 0.2) is 23.4 Å². The van der Waals surface area contributed by atoms with Gasteiger partial charge in [0.05, 0.1) is 19.8 Å². The number of morpholine rings is 1. The maximum atomic E-state index is 13.6. The maximum absolute atomic E-state index is 13.6. The van der Waals surface area contributed by atoms with Crippen LogP contribution in [0.2, 0.25) is 5.02 Å². The van der Waals surface area contributed by atoms with E-state index in [1.54, 1.807) is 19.2 Å². The summed E-state index contributed by atoms with van der Waals surface area (Å²) in [6.07, 6.45) is 1.54. The number of carbonyl (C=O) groups is 1. The quantitative estimate of drug-likeness (QED) is 0.538. The van der Waals surface area contributed by atoms with Crippen LogP contribution in [0.4, 0.5) is 0 Å². The molecule has 0 spiro atoms. The summed E-state index contributed by atoms with van der Waals surface area (Å²) in [7, 11) is 1.61. The van der Waals surface area contributed by atoms with Crippen LogP contribution in [-0.2, 0) is 9.53 Å². The minimum Gasteiger partial charge on any atom is -0.493 e. The van der Waals surface area contributed by atoms with E-state index in [-0.39, 0.29) is 29.1 Å². The highest BCUT2D eigenvalue weighted by Gasteiger charge is 2.67. The lowest BCUT2D eigenvalue weighted by atomic mass is 9.70. The van der Waals surface area contributed by atoms with Gasteiger partial charge in [-0.25, -0.2) is 0 Å². The molecule has 182 valence electrons. The zero-order chi connectivity index (χ0) is 24.1. The van der Waals surface area contributed by atoms with Gasteiger partial charge in [-0.2, -0.15) is 0 Å². The summed E-state index contributed by atoms with van der Waals surface area (Å²) in [6, 6.07) is 15.5. The molecule has 3 aliphatic rings. The molecule has 0 N–H and O–H groups in total. The van der Waals surface area contributed by atoms with Crippen molar-refractivity contribution in [2.24, 2.45) is 16.7 Å². The van der Waals surface area contributed by atoms with Crippen LogP contribution in [0.15, 0.2) is 48.5 Å². The molecule has 1 aliphatic heterocycles. The molecule has 2 aromatic rings. The van der Waals surface area contributed by atoms with Crippen molar-refractivity contribution in [3.63, 3.8) is 0 Å². The van der Waals surface area contributed by atoms with Gasteiger partial charge in [-0.1, -0.05) is 62.7 Å². The summed E-state index contributed by atoms with van der Waals surface area (Å²) in [5.41, 5.74) is 0.814. The predicted octanol–water partition coefficient (Wildman–Crippen LogP) is 5.56. The van der Waals surface area contributed by atoms with Crippen LogP contribution in [0.1, 0.15) is 45.3 Å². The summed E-state index contributed by atoms with van der Waals surface area (Å²) >= 11 is 6.17. The lowest BCUT2D eigenvalue weighted by Crippen LogP contribution is -2.55. The van der Waals surface area contributed by atoms with E-state index in [9.17, 15) is 4.79 Å². The Morgan fingerprint density at radius 2 is 1.88 bits per heavy atom. The third kappa shape index (κ3) is 3.73. The van der Waals surface area contributed by atoms with E-state index in [4.69, 9.17) is 25.8 Å². The molecule has 0 amide bonds. The largest absolute Gasteiger partial charge is 0.493 e. The van der Waals surface area contributed by atoms with Gasteiger partial charge in [-0.15, -0.1) is 0 Å². The molecule has 3 unspecified atom stereocenters. The Bertz CT molecular complexity index is 1060. The Hall–Kier alpha value is -2.08. The average molecular weight is 484 g/mol. The van der Waals surface area contributed by atoms with Crippen LogP contribution >= 0.6 is 11.6 Å². The number of ether oxygens (including phenoxy) is 3. The number of fused-ring (bicyclic) bond motifs is 2. The molecule has 1 heterocycles. The third-order valence-corrected chi connectivity index (χ3v) is 9.10. The van der Waals surface area contributed by atoms with Crippen molar-refractivity contribution in [2.75, 3.05) is 26.8 Å². The van der Waals surface area contributed by atoms with Gasteiger partial charge in [0.1, 0.15) is 6.10 Å². The number of carbonyl (C=O) groups excluding carboxylic acids is 1. The number of Topliss-reactive ketones (excluding diaryl/α,β-unsaturated/α-hetero) is 1. The Morgan fingerprint density at radius 3 is 2.56 bits per heavy atom. The summed E-state index contributed by atoms with van der Waals surface area (Å²) in [6.45, 7) is 8.72. The van der Waals surface area contributed by atoms with E-state index in [2.05, 4.69) is 37.8 Å². The molecule has 34 heavy (non-hydrogen) atoms. The minimum atomic E-state index is -0.351. The molecular weight excluding hydrogens is 450 g/mol. The van der Waals surface area contributed by atoms with Gasteiger partial charge < -0.3 is 14.2 Å². The average Bonchev–Trinajstić information content (AvgIpc) is 3.16. The zero-order valence-electron chi connectivity index (χ0n) is 20.4. The number of hydrogen-bond acceptors (Lipinski definition) is 5. The molecule has 5 rings (SSSR count).